The Morgan fingerprint density at radius 2 is 1.49 bits per heavy atom. The summed E-state index contributed by atoms with van der Waals surface area (Å²) in [6.07, 6.45) is -1.62. The summed E-state index contributed by atoms with van der Waals surface area (Å²) in [6.45, 7) is 6.48. The maximum Gasteiger partial charge on any atom is 0.407 e. The van der Waals surface area contributed by atoms with E-state index >= 15 is 0 Å². The molecule has 0 radical (unpaired) electrons. The summed E-state index contributed by atoms with van der Waals surface area (Å²) in [6, 6.07) is 13.2. The van der Waals surface area contributed by atoms with Crippen LogP contribution in [0, 0.1) is 0 Å². The molecule has 0 fully saturated rings. The second kappa shape index (κ2) is 10.6. The fourth-order valence-corrected chi connectivity index (χ4v) is 3.93. The summed E-state index contributed by atoms with van der Waals surface area (Å²) in [5.74, 6) is -3.00. The summed E-state index contributed by atoms with van der Waals surface area (Å²) < 4.78 is 10.6. The Labute approximate surface area is 203 Å². The number of ether oxygens (including phenoxy) is 2. The van der Waals surface area contributed by atoms with Crippen molar-refractivity contribution in [1.29, 1.82) is 0 Å². The molecule has 0 aliphatic heterocycles. The molecule has 0 spiro atoms. The maximum atomic E-state index is 12.6. The van der Waals surface area contributed by atoms with Crippen LogP contribution in [0.5, 0.6) is 0 Å². The summed E-state index contributed by atoms with van der Waals surface area (Å²) in [5, 5.41) is 13.9. The number of amides is 2. The van der Waals surface area contributed by atoms with E-state index in [0.29, 0.717) is 0 Å². The van der Waals surface area contributed by atoms with Gasteiger partial charge in [-0.3, -0.25) is 9.59 Å². The topological polar surface area (TPSA) is 131 Å². The molecule has 1 aliphatic rings. The van der Waals surface area contributed by atoms with Crippen molar-refractivity contribution in [2.24, 2.45) is 0 Å². The second-order valence-electron chi connectivity index (χ2n) is 9.38. The van der Waals surface area contributed by atoms with Crippen molar-refractivity contribution >= 4 is 23.9 Å². The second-order valence-corrected chi connectivity index (χ2v) is 9.38. The molecule has 2 atom stereocenters. The van der Waals surface area contributed by atoms with Crippen molar-refractivity contribution in [2.45, 2.75) is 57.7 Å². The van der Waals surface area contributed by atoms with E-state index in [2.05, 4.69) is 10.6 Å². The molecule has 0 aromatic heterocycles. The summed E-state index contributed by atoms with van der Waals surface area (Å²) in [4.78, 5) is 48.6. The van der Waals surface area contributed by atoms with E-state index in [1.807, 2.05) is 48.5 Å². The maximum absolute atomic E-state index is 12.6. The molecule has 9 heteroatoms. The summed E-state index contributed by atoms with van der Waals surface area (Å²) in [7, 11) is 0. The molecule has 2 amide bonds. The molecular weight excluding hydrogens is 452 g/mol. The van der Waals surface area contributed by atoms with E-state index in [1.54, 1.807) is 20.8 Å². The minimum Gasteiger partial charge on any atom is -0.481 e. The normalized spacial score (nSPS) is 14.2. The molecule has 186 valence electrons. The highest BCUT2D eigenvalue weighted by molar-refractivity contribution is 5.92. The van der Waals surface area contributed by atoms with E-state index in [-0.39, 0.29) is 12.5 Å². The molecule has 1 unspecified atom stereocenters. The Kier molecular flexibility index (Phi) is 7.78. The van der Waals surface area contributed by atoms with Crippen LogP contribution in [0.4, 0.5) is 4.79 Å². The van der Waals surface area contributed by atoms with Gasteiger partial charge in [0.1, 0.15) is 24.3 Å². The molecule has 0 saturated heterocycles. The van der Waals surface area contributed by atoms with Gasteiger partial charge in [-0.15, -0.1) is 0 Å². The van der Waals surface area contributed by atoms with Gasteiger partial charge in [-0.2, -0.15) is 0 Å². The van der Waals surface area contributed by atoms with Crippen LogP contribution >= 0.6 is 0 Å². The van der Waals surface area contributed by atoms with Gasteiger partial charge in [-0.1, -0.05) is 48.5 Å². The number of nitrogens with one attached hydrogen (secondary N) is 2. The molecule has 9 nitrogen and oxygen atoms in total. The number of carbonyl (C=O) groups excluding carboxylic acids is 3. The first kappa shape index (κ1) is 25.7. The van der Waals surface area contributed by atoms with E-state index < -0.39 is 48.0 Å². The van der Waals surface area contributed by atoms with Gasteiger partial charge in [-0.25, -0.2) is 9.59 Å². The van der Waals surface area contributed by atoms with E-state index in [9.17, 15) is 24.3 Å². The number of carboxylic acids is 1. The number of fused-ring (bicyclic) bond motifs is 3. The molecule has 0 saturated carbocycles. The number of hydrogen-bond donors (Lipinski definition) is 3. The lowest BCUT2D eigenvalue weighted by Crippen LogP contribution is -2.52. The lowest BCUT2D eigenvalue weighted by atomic mass is 9.98. The predicted molar refractivity (Wildman–Crippen MR) is 128 cm³/mol. The van der Waals surface area contributed by atoms with Gasteiger partial charge in [0.15, 0.2) is 0 Å². The lowest BCUT2D eigenvalue weighted by molar-refractivity contribution is -0.158. The third-order valence-corrected chi connectivity index (χ3v) is 5.45. The molecule has 0 bridgehead atoms. The van der Waals surface area contributed by atoms with Crippen LogP contribution in [0.3, 0.4) is 0 Å². The summed E-state index contributed by atoms with van der Waals surface area (Å²) >= 11 is 0. The van der Waals surface area contributed by atoms with Crippen LogP contribution < -0.4 is 10.6 Å². The average Bonchev–Trinajstić information content (AvgIpc) is 3.09. The summed E-state index contributed by atoms with van der Waals surface area (Å²) in [5.41, 5.74) is 3.42. The highest BCUT2D eigenvalue weighted by Gasteiger charge is 2.31. The van der Waals surface area contributed by atoms with Gasteiger partial charge in [0.25, 0.3) is 0 Å². The number of carbonyl (C=O) groups is 4. The largest absolute Gasteiger partial charge is 0.481 e. The van der Waals surface area contributed by atoms with E-state index in [0.717, 1.165) is 22.3 Å². The highest BCUT2D eigenvalue weighted by atomic mass is 16.6. The van der Waals surface area contributed by atoms with Crippen molar-refractivity contribution in [1.82, 2.24) is 10.6 Å². The van der Waals surface area contributed by atoms with Crippen molar-refractivity contribution in [2.75, 3.05) is 6.61 Å². The minimum absolute atomic E-state index is 0.00951. The van der Waals surface area contributed by atoms with Crippen molar-refractivity contribution in [3.63, 3.8) is 0 Å². The first-order valence-corrected chi connectivity index (χ1v) is 11.3. The number of alkyl carbamates (subject to hydrolysis) is 1. The van der Waals surface area contributed by atoms with Crippen LogP contribution in [-0.4, -0.2) is 53.3 Å². The Bertz CT molecular complexity index is 1080. The average molecular weight is 483 g/mol. The van der Waals surface area contributed by atoms with Crippen molar-refractivity contribution < 1.29 is 33.8 Å². The number of carboxylic acid groups (broad SMARTS) is 1. The standard InChI is InChI=1S/C26H30N2O7/c1-15(24(32)35-26(2,3)4)27-23(31)21(13-22(29)30)28-25(33)34-14-20-18-11-7-5-9-16(18)17-10-6-8-12-19(17)20/h5-12,15,20-21H,13-14H2,1-4H3,(H,27,31)(H,28,33)(H,29,30)/t15-,21?/m0/s1. The molecule has 1 aliphatic carbocycles. The van der Waals surface area contributed by atoms with Gasteiger partial charge in [0, 0.05) is 5.92 Å². The Morgan fingerprint density at radius 3 is 2.00 bits per heavy atom. The zero-order chi connectivity index (χ0) is 25.8. The molecule has 2 aromatic carbocycles. The molecule has 3 rings (SSSR count). The fraction of sp³-hybridized carbons (Fsp3) is 0.385. The molecular formula is C26H30N2O7. The van der Waals surface area contributed by atoms with Crippen LogP contribution in [0.1, 0.15) is 51.2 Å². The van der Waals surface area contributed by atoms with Gasteiger partial charge in [0.05, 0.1) is 6.42 Å². The monoisotopic (exact) mass is 482 g/mol. The molecule has 0 heterocycles. The lowest BCUT2D eigenvalue weighted by Gasteiger charge is -2.24. The van der Waals surface area contributed by atoms with Crippen molar-refractivity contribution in [3.8, 4) is 11.1 Å². The van der Waals surface area contributed by atoms with Crippen LogP contribution in [0.2, 0.25) is 0 Å². The van der Waals surface area contributed by atoms with Crippen LogP contribution in [0.15, 0.2) is 48.5 Å². The quantitative estimate of drug-likeness (QED) is 0.492. The van der Waals surface area contributed by atoms with Gasteiger partial charge in [-0.05, 0) is 49.9 Å². The first-order valence-electron chi connectivity index (χ1n) is 11.3. The number of rotatable bonds is 8. The third kappa shape index (κ3) is 6.59. The SMILES string of the molecule is C[C@H](NC(=O)C(CC(=O)O)NC(=O)OCC1c2ccccc2-c2ccccc21)C(=O)OC(C)(C)C. The van der Waals surface area contributed by atoms with Gasteiger partial charge in [0.2, 0.25) is 5.91 Å². The molecule has 2 aromatic rings. The Balaban J connectivity index is 1.63. The van der Waals surface area contributed by atoms with Crippen LogP contribution in [0.25, 0.3) is 11.1 Å². The highest BCUT2D eigenvalue weighted by Crippen LogP contribution is 2.44. The van der Waals surface area contributed by atoms with Gasteiger partial charge < -0.3 is 25.2 Å². The van der Waals surface area contributed by atoms with Crippen LogP contribution in [-0.2, 0) is 23.9 Å². The zero-order valence-corrected chi connectivity index (χ0v) is 20.2. The van der Waals surface area contributed by atoms with Gasteiger partial charge >= 0.3 is 18.0 Å². The van der Waals surface area contributed by atoms with E-state index in [1.165, 1.54) is 6.92 Å². The molecule has 35 heavy (non-hydrogen) atoms. The Morgan fingerprint density at radius 1 is 0.943 bits per heavy atom. The first-order chi connectivity index (χ1) is 16.5. The fourth-order valence-electron chi connectivity index (χ4n) is 3.93. The molecule has 3 N–H and O–H groups in total. The minimum atomic E-state index is -1.44. The third-order valence-electron chi connectivity index (χ3n) is 5.45. The number of hydrogen-bond acceptors (Lipinski definition) is 6. The smallest absolute Gasteiger partial charge is 0.407 e. The van der Waals surface area contributed by atoms with Crippen molar-refractivity contribution in [3.05, 3.63) is 59.7 Å². The number of aliphatic carboxylic acids is 1. The van der Waals surface area contributed by atoms with E-state index in [4.69, 9.17) is 9.47 Å². The predicted octanol–water partition coefficient (Wildman–Crippen LogP) is 3.21. The Hall–Kier alpha value is -3.88. The zero-order valence-electron chi connectivity index (χ0n) is 20.2. The number of esters is 1. The number of benzene rings is 2.